The van der Waals surface area contributed by atoms with E-state index in [-0.39, 0.29) is 17.5 Å². The van der Waals surface area contributed by atoms with Crippen molar-refractivity contribution in [3.63, 3.8) is 0 Å². The Morgan fingerprint density at radius 1 is 0.962 bits per heavy atom. The Bertz CT molecular complexity index is 921. The van der Waals surface area contributed by atoms with Gasteiger partial charge in [0.2, 0.25) is 5.95 Å². The van der Waals surface area contributed by atoms with E-state index in [9.17, 15) is 9.50 Å². The van der Waals surface area contributed by atoms with E-state index in [0.29, 0.717) is 22.9 Å². The number of ether oxygens (including phenoxy) is 2. The Kier molecular flexibility index (Phi) is 5.02. The van der Waals surface area contributed by atoms with Crippen LogP contribution in [-0.2, 0) is 0 Å². The lowest BCUT2D eigenvalue weighted by atomic mass is 10.2. The molecule has 0 bridgehead atoms. The number of phenolic OH excluding ortho intramolecular Hbond substituents is 1. The van der Waals surface area contributed by atoms with Gasteiger partial charge in [0.25, 0.3) is 0 Å². The summed E-state index contributed by atoms with van der Waals surface area (Å²) in [7, 11) is 3.05. The molecule has 1 aromatic heterocycles. The fourth-order valence-corrected chi connectivity index (χ4v) is 2.28. The number of halogens is 1. The number of methoxy groups -OCH3 is 2. The van der Waals surface area contributed by atoms with E-state index in [1.54, 1.807) is 36.4 Å². The molecule has 2 aromatic carbocycles. The Labute approximate surface area is 149 Å². The first-order valence-electron chi connectivity index (χ1n) is 7.66. The standard InChI is InChI=1S/C18H17FN4O3/c1-25-15-7-6-12(9-16(15)26-2)21-17-14(19)10-20-18(23-17)22-11-4-3-5-13(24)8-11/h3-10,24H,1-2H3,(H2,20,21,22,23). The fourth-order valence-electron chi connectivity index (χ4n) is 2.28. The molecule has 3 aromatic rings. The van der Waals surface area contributed by atoms with E-state index in [1.165, 1.54) is 20.3 Å². The van der Waals surface area contributed by atoms with Crippen LogP contribution in [0.15, 0.2) is 48.7 Å². The predicted molar refractivity (Wildman–Crippen MR) is 96.2 cm³/mol. The zero-order chi connectivity index (χ0) is 18.5. The van der Waals surface area contributed by atoms with Gasteiger partial charge in [-0.25, -0.2) is 9.37 Å². The highest BCUT2D eigenvalue weighted by Gasteiger charge is 2.10. The molecule has 1 heterocycles. The minimum Gasteiger partial charge on any atom is -0.508 e. The van der Waals surface area contributed by atoms with Gasteiger partial charge in [-0.1, -0.05) is 6.07 Å². The third-order valence-corrected chi connectivity index (χ3v) is 3.49. The summed E-state index contributed by atoms with van der Waals surface area (Å²) in [5, 5.41) is 15.3. The van der Waals surface area contributed by atoms with Crippen molar-refractivity contribution in [3.8, 4) is 17.2 Å². The smallest absolute Gasteiger partial charge is 0.229 e. The molecule has 0 aliphatic heterocycles. The first-order chi connectivity index (χ1) is 12.6. The monoisotopic (exact) mass is 356 g/mol. The molecule has 3 N–H and O–H groups in total. The van der Waals surface area contributed by atoms with Crippen molar-refractivity contribution in [1.29, 1.82) is 0 Å². The first kappa shape index (κ1) is 17.3. The first-order valence-corrected chi connectivity index (χ1v) is 7.66. The second-order valence-corrected chi connectivity index (χ2v) is 5.26. The summed E-state index contributed by atoms with van der Waals surface area (Å²) in [6, 6.07) is 11.5. The minimum absolute atomic E-state index is 0.00475. The van der Waals surface area contributed by atoms with E-state index >= 15 is 0 Å². The maximum atomic E-state index is 14.1. The largest absolute Gasteiger partial charge is 0.508 e. The van der Waals surface area contributed by atoms with Crippen molar-refractivity contribution >= 4 is 23.1 Å². The minimum atomic E-state index is -0.610. The molecule has 0 saturated carbocycles. The molecule has 8 heteroatoms. The number of rotatable bonds is 6. The maximum absolute atomic E-state index is 14.1. The zero-order valence-corrected chi connectivity index (χ0v) is 14.2. The normalized spacial score (nSPS) is 10.3. The quantitative estimate of drug-likeness (QED) is 0.618. The van der Waals surface area contributed by atoms with E-state index < -0.39 is 5.82 Å². The van der Waals surface area contributed by atoms with Crippen molar-refractivity contribution in [1.82, 2.24) is 9.97 Å². The molecule has 0 aliphatic carbocycles. The van der Waals surface area contributed by atoms with Gasteiger partial charge in [-0.15, -0.1) is 0 Å². The molecule has 26 heavy (non-hydrogen) atoms. The van der Waals surface area contributed by atoms with Gasteiger partial charge < -0.3 is 25.2 Å². The molecule has 0 unspecified atom stereocenters. The number of phenols is 1. The SMILES string of the molecule is COc1ccc(Nc2nc(Nc3cccc(O)c3)ncc2F)cc1OC. The summed E-state index contributed by atoms with van der Waals surface area (Å²) in [5.41, 5.74) is 1.15. The van der Waals surface area contributed by atoms with Crippen LogP contribution in [0.2, 0.25) is 0 Å². The number of aromatic hydroxyl groups is 1. The van der Waals surface area contributed by atoms with Crippen LogP contribution in [-0.4, -0.2) is 29.3 Å². The summed E-state index contributed by atoms with van der Waals surface area (Å²) in [6.07, 6.45) is 1.06. The third kappa shape index (κ3) is 3.92. The topological polar surface area (TPSA) is 88.5 Å². The number of nitrogens with zero attached hydrogens (tertiary/aromatic N) is 2. The van der Waals surface area contributed by atoms with E-state index in [1.807, 2.05) is 0 Å². The molecular formula is C18H17FN4O3. The van der Waals surface area contributed by atoms with Crippen LogP contribution in [0, 0.1) is 5.82 Å². The van der Waals surface area contributed by atoms with Crippen molar-refractivity contribution < 1.29 is 19.0 Å². The van der Waals surface area contributed by atoms with Gasteiger partial charge in [0.05, 0.1) is 20.4 Å². The second kappa shape index (κ2) is 7.56. The Hall–Kier alpha value is -3.55. The van der Waals surface area contributed by atoms with Gasteiger partial charge in [0.1, 0.15) is 5.75 Å². The molecule has 0 radical (unpaired) electrons. The average molecular weight is 356 g/mol. The van der Waals surface area contributed by atoms with Gasteiger partial charge in [-0.2, -0.15) is 4.98 Å². The molecule has 0 fully saturated rings. The zero-order valence-electron chi connectivity index (χ0n) is 14.2. The van der Waals surface area contributed by atoms with Gasteiger partial charge in [0.15, 0.2) is 23.1 Å². The van der Waals surface area contributed by atoms with E-state index in [0.717, 1.165) is 6.20 Å². The molecule has 0 aliphatic rings. The summed E-state index contributed by atoms with van der Waals surface area (Å²) in [5.74, 6) is 0.731. The third-order valence-electron chi connectivity index (χ3n) is 3.49. The predicted octanol–water partition coefficient (Wildman–Crippen LogP) is 3.83. The van der Waals surface area contributed by atoms with Crippen LogP contribution in [0.3, 0.4) is 0 Å². The molecule has 3 rings (SSSR count). The number of hydrogen-bond acceptors (Lipinski definition) is 7. The van der Waals surface area contributed by atoms with Crippen LogP contribution in [0.25, 0.3) is 0 Å². The van der Waals surface area contributed by atoms with Gasteiger partial charge >= 0.3 is 0 Å². The molecule has 0 spiro atoms. The van der Waals surface area contributed by atoms with Crippen LogP contribution in [0.4, 0.5) is 27.5 Å². The summed E-state index contributed by atoms with van der Waals surface area (Å²) >= 11 is 0. The van der Waals surface area contributed by atoms with Crippen LogP contribution >= 0.6 is 0 Å². The molecule has 0 amide bonds. The molecule has 7 nitrogen and oxygen atoms in total. The number of anilines is 4. The van der Waals surface area contributed by atoms with Crippen molar-refractivity contribution in [3.05, 3.63) is 54.5 Å². The molecule has 0 atom stereocenters. The summed E-state index contributed by atoms with van der Waals surface area (Å²) < 4.78 is 24.5. The summed E-state index contributed by atoms with van der Waals surface area (Å²) in [4.78, 5) is 8.03. The van der Waals surface area contributed by atoms with Crippen LogP contribution in [0.1, 0.15) is 0 Å². The van der Waals surface area contributed by atoms with Crippen LogP contribution in [0.5, 0.6) is 17.2 Å². The second-order valence-electron chi connectivity index (χ2n) is 5.26. The highest BCUT2D eigenvalue weighted by atomic mass is 19.1. The van der Waals surface area contributed by atoms with Gasteiger partial charge in [-0.05, 0) is 24.3 Å². The number of benzene rings is 2. The number of hydrogen-bond donors (Lipinski definition) is 3. The van der Waals surface area contributed by atoms with Crippen molar-refractivity contribution in [2.75, 3.05) is 24.9 Å². The van der Waals surface area contributed by atoms with Gasteiger partial charge in [-0.3, -0.25) is 0 Å². The van der Waals surface area contributed by atoms with Crippen molar-refractivity contribution in [2.45, 2.75) is 0 Å². The lowest BCUT2D eigenvalue weighted by Crippen LogP contribution is -2.03. The Morgan fingerprint density at radius 2 is 1.73 bits per heavy atom. The van der Waals surface area contributed by atoms with Crippen molar-refractivity contribution in [2.24, 2.45) is 0 Å². The Morgan fingerprint density at radius 3 is 2.46 bits per heavy atom. The molecule has 0 saturated heterocycles. The Balaban J connectivity index is 1.84. The number of nitrogens with one attached hydrogen (secondary N) is 2. The summed E-state index contributed by atoms with van der Waals surface area (Å²) in [6.45, 7) is 0. The van der Waals surface area contributed by atoms with E-state index in [2.05, 4.69) is 20.6 Å². The lowest BCUT2D eigenvalue weighted by molar-refractivity contribution is 0.355. The average Bonchev–Trinajstić information content (AvgIpc) is 2.64. The maximum Gasteiger partial charge on any atom is 0.229 e. The highest BCUT2D eigenvalue weighted by Crippen LogP contribution is 2.31. The number of aromatic nitrogens is 2. The van der Waals surface area contributed by atoms with Crippen LogP contribution < -0.4 is 20.1 Å². The van der Waals surface area contributed by atoms with Gasteiger partial charge in [0, 0.05) is 23.5 Å². The lowest BCUT2D eigenvalue weighted by Gasteiger charge is -2.12. The molecular weight excluding hydrogens is 339 g/mol. The fraction of sp³-hybridized carbons (Fsp3) is 0.111. The van der Waals surface area contributed by atoms with E-state index in [4.69, 9.17) is 9.47 Å². The molecule has 134 valence electrons. The highest BCUT2D eigenvalue weighted by molar-refractivity contribution is 5.63.